The number of aliphatic hydroxyl groups is 1. The smallest absolute Gasteiger partial charge is 0.127 e. The van der Waals surface area contributed by atoms with Crippen molar-refractivity contribution in [1.82, 2.24) is 0 Å². The first-order valence-electron chi connectivity index (χ1n) is 5.06. The third-order valence-corrected chi connectivity index (χ3v) is 3.37. The average molecular weight is 194 g/mol. The maximum absolute atomic E-state index is 13.6. The molecule has 2 rings (SSSR count). The first-order chi connectivity index (χ1) is 6.69. The lowest BCUT2D eigenvalue weighted by Gasteiger charge is -2.41. The molecule has 0 heterocycles. The normalized spacial score (nSPS) is 19.1. The number of aryl methyl sites for hydroxylation is 1. The zero-order chi connectivity index (χ0) is 10.2. The minimum atomic E-state index is -0.282. The summed E-state index contributed by atoms with van der Waals surface area (Å²) in [7, 11) is 0. The van der Waals surface area contributed by atoms with Crippen LogP contribution in [-0.2, 0) is 5.41 Å². The topological polar surface area (TPSA) is 20.2 Å². The quantitative estimate of drug-likeness (QED) is 0.767. The summed E-state index contributed by atoms with van der Waals surface area (Å²) in [6.07, 6.45) is 2.91. The van der Waals surface area contributed by atoms with E-state index in [4.69, 9.17) is 0 Å². The van der Waals surface area contributed by atoms with E-state index >= 15 is 0 Å². The molecular weight excluding hydrogens is 179 g/mol. The van der Waals surface area contributed by atoms with Crippen LogP contribution in [0.3, 0.4) is 0 Å². The molecule has 0 amide bonds. The van der Waals surface area contributed by atoms with Crippen molar-refractivity contribution in [3.8, 4) is 0 Å². The summed E-state index contributed by atoms with van der Waals surface area (Å²) < 4.78 is 13.6. The van der Waals surface area contributed by atoms with Crippen molar-refractivity contribution in [2.45, 2.75) is 31.6 Å². The van der Waals surface area contributed by atoms with Crippen molar-refractivity contribution >= 4 is 0 Å². The van der Waals surface area contributed by atoms with E-state index in [0.717, 1.165) is 30.4 Å². The Morgan fingerprint density at radius 3 is 2.57 bits per heavy atom. The van der Waals surface area contributed by atoms with Gasteiger partial charge in [-0.2, -0.15) is 0 Å². The highest BCUT2D eigenvalue weighted by atomic mass is 19.1. The minimum absolute atomic E-state index is 0.0643. The Bertz CT molecular complexity index is 316. The molecule has 0 atom stereocenters. The van der Waals surface area contributed by atoms with Crippen molar-refractivity contribution < 1.29 is 9.50 Å². The van der Waals surface area contributed by atoms with Gasteiger partial charge in [-0.1, -0.05) is 18.6 Å². The number of rotatable bonds is 2. The van der Waals surface area contributed by atoms with Crippen molar-refractivity contribution in [2.75, 3.05) is 6.61 Å². The largest absolute Gasteiger partial charge is 0.395 e. The van der Waals surface area contributed by atoms with Gasteiger partial charge >= 0.3 is 0 Å². The molecule has 1 aliphatic rings. The van der Waals surface area contributed by atoms with Gasteiger partial charge in [-0.05, 0) is 37.0 Å². The number of halogens is 1. The standard InChI is InChI=1S/C12H15FO/c1-9-4-2-5-10(13)11(9)12(8-14)6-3-7-12/h2,4-5,14H,3,6-8H2,1H3. The van der Waals surface area contributed by atoms with E-state index in [0.29, 0.717) is 0 Å². The molecule has 0 radical (unpaired) electrons. The Morgan fingerprint density at radius 2 is 2.14 bits per heavy atom. The monoisotopic (exact) mass is 194 g/mol. The maximum atomic E-state index is 13.6. The Labute approximate surface area is 83.6 Å². The predicted molar refractivity (Wildman–Crippen MR) is 53.8 cm³/mol. The maximum Gasteiger partial charge on any atom is 0.127 e. The van der Waals surface area contributed by atoms with Gasteiger partial charge in [0.2, 0.25) is 0 Å². The summed E-state index contributed by atoms with van der Waals surface area (Å²) in [5.74, 6) is -0.168. The first-order valence-corrected chi connectivity index (χ1v) is 5.06. The molecule has 2 heteroatoms. The van der Waals surface area contributed by atoms with Crippen LogP contribution < -0.4 is 0 Å². The zero-order valence-electron chi connectivity index (χ0n) is 8.39. The summed E-state index contributed by atoms with van der Waals surface area (Å²) in [5.41, 5.74) is 1.41. The Morgan fingerprint density at radius 1 is 1.43 bits per heavy atom. The summed E-state index contributed by atoms with van der Waals surface area (Å²) >= 11 is 0. The second-order valence-electron chi connectivity index (χ2n) is 4.22. The van der Waals surface area contributed by atoms with Gasteiger partial charge in [-0.3, -0.25) is 0 Å². The third kappa shape index (κ3) is 1.25. The lowest BCUT2D eigenvalue weighted by Crippen LogP contribution is -2.39. The number of aliphatic hydroxyl groups excluding tert-OH is 1. The number of hydrogen-bond donors (Lipinski definition) is 1. The molecule has 76 valence electrons. The lowest BCUT2D eigenvalue weighted by molar-refractivity contribution is 0.116. The Balaban J connectivity index is 2.49. The van der Waals surface area contributed by atoms with Gasteiger partial charge in [0.1, 0.15) is 5.82 Å². The van der Waals surface area contributed by atoms with Crippen molar-refractivity contribution in [2.24, 2.45) is 0 Å². The van der Waals surface area contributed by atoms with Crippen LogP contribution in [-0.4, -0.2) is 11.7 Å². The van der Waals surface area contributed by atoms with E-state index in [-0.39, 0.29) is 17.8 Å². The Kier molecular flexibility index (Phi) is 2.31. The fraction of sp³-hybridized carbons (Fsp3) is 0.500. The van der Waals surface area contributed by atoms with Crippen LogP contribution in [0.4, 0.5) is 4.39 Å². The average Bonchev–Trinajstić information content (AvgIpc) is 2.08. The van der Waals surface area contributed by atoms with Crippen LogP contribution in [0.2, 0.25) is 0 Å². The molecule has 0 unspecified atom stereocenters. The first kappa shape index (κ1) is 9.66. The summed E-state index contributed by atoms with van der Waals surface area (Å²) in [6, 6.07) is 5.12. The number of hydrogen-bond acceptors (Lipinski definition) is 1. The molecule has 0 spiro atoms. The van der Waals surface area contributed by atoms with E-state index < -0.39 is 0 Å². The lowest BCUT2D eigenvalue weighted by atomic mass is 9.64. The number of benzene rings is 1. The SMILES string of the molecule is Cc1cccc(F)c1C1(CO)CCC1. The highest BCUT2D eigenvalue weighted by Gasteiger charge is 2.40. The minimum Gasteiger partial charge on any atom is -0.395 e. The molecule has 1 aromatic carbocycles. The van der Waals surface area contributed by atoms with E-state index in [9.17, 15) is 9.50 Å². The van der Waals surface area contributed by atoms with Crippen LogP contribution >= 0.6 is 0 Å². The molecule has 1 fully saturated rings. The van der Waals surface area contributed by atoms with Gasteiger partial charge in [-0.25, -0.2) is 4.39 Å². The van der Waals surface area contributed by atoms with Crippen LogP contribution in [0, 0.1) is 12.7 Å². The van der Waals surface area contributed by atoms with Gasteiger partial charge in [0, 0.05) is 5.41 Å². The fourth-order valence-electron chi connectivity index (χ4n) is 2.39. The molecule has 0 aliphatic heterocycles. The van der Waals surface area contributed by atoms with Gasteiger partial charge in [0.25, 0.3) is 0 Å². The van der Waals surface area contributed by atoms with Crippen LogP contribution in [0.1, 0.15) is 30.4 Å². The second-order valence-corrected chi connectivity index (χ2v) is 4.22. The van der Waals surface area contributed by atoms with E-state index in [1.54, 1.807) is 6.07 Å². The van der Waals surface area contributed by atoms with E-state index in [2.05, 4.69) is 0 Å². The third-order valence-electron chi connectivity index (χ3n) is 3.37. The molecule has 0 aromatic heterocycles. The molecule has 1 saturated carbocycles. The van der Waals surface area contributed by atoms with Gasteiger partial charge in [0.05, 0.1) is 6.61 Å². The van der Waals surface area contributed by atoms with E-state index in [1.807, 2.05) is 13.0 Å². The van der Waals surface area contributed by atoms with Gasteiger partial charge in [-0.15, -0.1) is 0 Å². The highest BCUT2D eigenvalue weighted by Crippen LogP contribution is 2.45. The molecule has 0 bridgehead atoms. The molecule has 1 N–H and O–H groups in total. The molecule has 14 heavy (non-hydrogen) atoms. The molecular formula is C12H15FO. The van der Waals surface area contributed by atoms with Crippen molar-refractivity contribution in [3.05, 3.63) is 35.1 Å². The fourth-order valence-corrected chi connectivity index (χ4v) is 2.39. The van der Waals surface area contributed by atoms with Gasteiger partial charge < -0.3 is 5.11 Å². The van der Waals surface area contributed by atoms with Crippen LogP contribution in [0.15, 0.2) is 18.2 Å². The predicted octanol–water partition coefficient (Wildman–Crippen LogP) is 2.55. The highest BCUT2D eigenvalue weighted by molar-refractivity contribution is 5.36. The zero-order valence-corrected chi connectivity index (χ0v) is 8.39. The Hall–Kier alpha value is -0.890. The van der Waals surface area contributed by atoms with Crippen molar-refractivity contribution in [3.63, 3.8) is 0 Å². The van der Waals surface area contributed by atoms with Gasteiger partial charge in [0.15, 0.2) is 0 Å². The molecule has 1 aliphatic carbocycles. The summed E-state index contributed by atoms with van der Waals surface area (Å²) in [6.45, 7) is 1.98. The molecule has 1 aromatic rings. The molecule has 0 saturated heterocycles. The molecule has 1 nitrogen and oxygen atoms in total. The van der Waals surface area contributed by atoms with E-state index in [1.165, 1.54) is 6.07 Å². The van der Waals surface area contributed by atoms with Crippen LogP contribution in [0.5, 0.6) is 0 Å². The summed E-state index contributed by atoms with van der Waals surface area (Å²) in [5, 5.41) is 9.37. The van der Waals surface area contributed by atoms with Crippen molar-refractivity contribution in [1.29, 1.82) is 0 Å². The van der Waals surface area contributed by atoms with Crippen LogP contribution in [0.25, 0.3) is 0 Å². The second kappa shape index (κ2) is 3.35. The summed E-state index contributed by atoms with van der Waals surface area (Å²) in [4.78, 5) is 0.